The van der Waals surface area contributed by atoms with Gasteiger partial charge in [-0.15, -0.1) is 0 Å². The summed E-state index contributed by atoms with van der Waals surface area (Å²) < 4.78 is 5.20. The number of fused-ring (bicyclic) bond motifs is 1. The lowest BCUT2D eigenvalue weighted by Gasteiger charge is -2.13. The quantitative estimate of drug-likeness (QED) is 0.308. The standard InChI is InChI=1S/C26H18ClN3O3S/c1-33-18-10-7-15(8-11-18)21-14-22(31)30-26(29-21)34-24-23(16-5-3-2-4-6-16)19-13-17(27)9-12-20(19)28-25(24)32/h2-14H,1H3,(H,28,32)(H,29,30,31). The van der Waals surface area contributed by atoms with Crippen molar-refractivity contribution in [3.63, 3.8) is 0 Å². The molecular weight excluding hydrogens is 470 g/mol. The maximum atomic E-state index is 13.2. The topological polar surface area (TPSA) is 87.8 Å². The molecule has 5 rings (SSSR count). The number of hydrogen-bond donors (Lipinski definition) is 2. The molecule has 0 amide bonds. The maximum absolute atomic E-state index is 13.2. The van der Waals surface area contributed by atoms with Crippen LogP contribution < -0.4 is 15.9 Å². The van der Waals surface area contributed by atoms with Gasteiger partial charge < -0.3 is 14.7 Å². The summed E-state index contributed by atoms with van der Waals surface area (Å²) in [5.41, 5.74) is 2.92. The summed E-state index contributed by atoms with van der Waals surface area (Å²) in [6.45, 7) is 0. The molecular formula is C26H18ClN3O3S. The molecule has 0 unspecified atom stereocenters. The van der Waals surface area contributed by atoms with Crippen LogP contribution in [0.15, 0.2) is 98.5 Å². The third-order valence-corrected chi connectivity index (χ3v) is 6.51. The summed E-state index contributed by atoms with van der Waals surface area (Å²) in [6.07, 6.45) is 0. The first kappa shape index (κ1) is 22.0. The lowest BCUT2D eigenvalue weighted by molar-refractivity contribution is 0.415. The molecule has 0 bridgehead atoms. The van der Waals surface area contributed by atoms with Crippen LogP contribution >= 0.6 is 23.4 Å². The van der Waals surface area contributed by atoms with E-state index in [0.29, 0.717) is 32.0 Å². The van der Waals surface area contributed by atoms with E-state index >= 15 is 0 Å². The molecule has 168 valence electrons. The predicted octanol–water partition coefficient (Wildman–Crippen LogP) is 5.76. The number of nitrogens with one attached hydrogen (secondary N) is 2. The molecule has 5 aromatic rings. The molecule has 0 aliphatic carbocycles. The number of methoxy groups -OCH3 is 1. The minimum absolute atomic E-state index is 0.281. The van der Waals surface area contributed by atoms with Crippen LogP contribution in [-0.2, 0) is 0 Å². The summed E-state index contributed by atoms with van der Waals surface area (Å²) in [5.74, 6) is 0.706. The Kier molecular flexibility index (Phi) is 5.96. The number of nitrogens with zero attached hydrogens (tertiary/aromatic N) is 1. The second-order valence-electron chi connectivity index (χ2n) is 7.48. The minimum atomic E-state index is -0.315. The van der Waals surface area contributed by atoms with Crippen molar-refractivity contribution in [3.05, 3.63) is 105 Å². The molecule has 3 aromatic carbocycles. The number of pyridine rings is 1. The number of halogens is 1. The third kappa shape index (κ3) is 4.35. The van der Waals surface area contributed by atoms with Crippen molar-refractivity contribution in [2.24, 2.45) is 0 Å². The smallest absolute Gasteiger partial charge is 0.263 e. The zero-order valence-corrected chi connectivity index (χ0v) is 19.5. The van der Waals surface area contributed by atoms with E-state index < -0.39 is 0 Å². The third-order valence-electron chi connectivity index (χ3n) is 5.30. The Morgan fingerprint density at radius 2 is 1.65 bits per heavy atom. The van der Waals surface area contributed by atoms with Crippen molar-refractivity contribution in [1.82, 2.24) is 15.0 Å². The maximum Gasteiger partial charge on any atom is 0.263 e. The molecule has 0 aliphatic rings. The van der Waals surface area contributed by atoms with E-state index in [1.54, 1.807) is 31.4 Å². The molecule has 8 heteroatoms. The number of benzene rings is 3. The number of aromatic nitrogens is 3. The highest BCUT2D eigenvalue weighted by molar-refractivity contribution is 7.99. The highest BCUT2D eigenvalue weighted by Crippen LogP contribution is 2.37. The van der Waals surface area contributed by atoms with E-state index in [-0.39, 0.29) is 11.1 Å². The first-order valence-electron chi connectivity index (χ1n) is 10.4. The fraction of sp³-hybridized carbons (Fsp3) is 0.0385. The minimum Gasteiger partial charge on any atom is -0.497 e. The summed E-state index contributed by atoms with van der Waals surface area (Å²) in [6, 6.07) is 23.6. The molecule has 34 heavy (non-hydrogen) atoms. The Morgan fingerprint density at radius 1 is 0.882 bits per heavy atom. The second-order valence-corrected chi connectivity index (χ2v) is 8.92. The van der Waals surface area contributed by atoms with Gasteiger partial charge in [0.1, 0.15) is 5.75 Å². The number of hydrogen-bond acceptors (Lipinski definition) is 5. The Morgan fingerprint density at radius 3 is 2.38 bits per heavy atom. The highest BCUT2D eigenvalue weighted by atomic mass is 35.5. The molecule has 2 heterocycles. The zero-order chi connectivity index (χ0) is 23.7. The molecule has 0 radical (unpaired) electrons. The SMILES string of the molecule is COc1ccc(-c2cc(=O)[nH]c(Sc3c(-c4ccccc4)c4cc(Cl)ccc4[nH]c3=O)n2)cc1. The molecule has 0 saturated carbocycles. The average molecular weight is 488 g/mol. The monoisotopic (exact) mass is 487 g/mol. The summed E-state index contributed by atoms with van der Waals surface area (Å²) in [7, 11) is 1.59. The van der Waals surface area contributed by atoms with Crippen molar-refractivity contribution >= 4 is 34.3 Å². The summed E-state index contributed by atoms with van der Waals surface area (Å²) >= 11 is 7.40. The first-order chi connectivity index (χ1) is 16.5. The average Bonchev–Trinajstić information content (AvgIpc) is 2.85. The van der Waals surface area contributed by atoms with E-state index in [1.807, 2.05) is 48.5 Å². The van der Waals surface area contributed by atoms with Crippen molar-refractivity contribution in [2.45, 2.75) is 10.1 Å². The van der Waals surface area contributed by atoms with Crippen LogP contribution in [0.2, 0.25) is 5.02 Å². The Bertz CT molecular complexity index is 1610. The molecule has 0 fully saturated rings. The summed E-state index contributed by atoms with van der Waals surface area (Å²) in [5, 5.41) is 1.66. The predicted molar refractivity (Wildman–Crippen MR) is 136 cm³/mol. The number of H-pyrrole nitrogens is 2. The van der Waals surface area contributed by atoms with Gasteiger partial charge in [-0.25, -0.2) is 4.98 Å². The van der Waals surface area contributed by atoms with Crippen LogP contribution in [-0.4, -0.2) is 22.1 Å². The van der Waals surface area contributed by atoms with Gasteiger partial charge in [0.05, 0.1) is 17.7 Å². The van der Waals surface area contributed by atoms with Crippen LogP contribution in [0.1, 0.15) is 0 Å². The Balaban J connectivity index is 1.67. The van der Waals surface area contributed by atoms with E-state index in [9.17, 15) is 9.59 Å². The van der Waals surface area contributed by atoms with Crippen molar-refractivity contribution in [3.8, 4) is 28.1 Å². The van der Waals surface area contributed by atoms with E-state index in [0.717, 1.165) is 33.8 Å². The fourth-order valence-electron chi connectivity index (χ4n) is 3.73. The molecule has 0 spiro atoms. The zero-order valence-electron chi connectivity index (χ0n) is 18.0. The largest absolute Gasteiger partial charge is 0.497 e. The van der Waals surface area contributed by atoms with Crippen LogP contribution in [0.25, 0.3) is 33.3 Å². The number of rotatable bonds is 5. The lowest BCUT2D eigenvalue weighted by Crippen LogP contribution is -2.13. The van der Waals surface area contributed by atoms with E-state index in [4.69, 9.17) is 16.3 Å². The van der Waals surface area contributed by atoms with Crippen LogP contribution in [0, 0.1) is 0 Å². The lowest BCUT2D eigenvalue weighted by atomic mass is 10.0. The van der Waals surface area contributed by atoms with Crippen LogP contribution in [0.5, 0.6) is 5.75 Å². The van der Waals surface area contributed by atoms with Gasteiger partial charge in [-0.2, -0.15) is 0 Å². The highest BCUT2D eigenvalue weighted by Gasteiger charge is 2.18. The van der Waals surface area contributed by atoms with Crippen LogP contribution in [0.3, 0.4) is 0 Å². The molecule has 6 nitrogen and oxygen atoms in total. The van der Waals surface area contributed by atoms with Crippen LogP contribution in [0.4, 0.5) is 0 Å². The fourth-order valence-corrected chi connectivity index (χ4v) is 4.86. The second kappa shape index (κ2) is 9.21. The van der Waals surface area contributed by atoms with E-state index in [2.05, 4.69) is 15.0 Å². The van der Waals surface area contributed by atoms with Crippen molar-refractivity contribution < 1.29 is 4.74 Å². The number of aromatic amines is 2. The van der Waals surface area contributed by atoms with E-state index in [1.165, 1.54) is 6.07 Å². The molecule has 2 N–H and O–H groups in total. The van der Waals surface area contributed by atoms with Gasteiger partial charge in [-0.3, -0.25) is 9.59 Å². The van der Waals surface area contributed by atoms with Gasteiger partial charge in [0, 0.05) is 33.1 Å². The van der Waals surface area contributed by atoms with Gasteiger partial charge in [-0.1, -0.05) is 41.9 Å². The molecule has 0 saturated heterocycles. The van der Waals surface area contributed by atoms with Gasteiger partial charge in [0.15, 0.2) is 5.16 Å². The normalized spacial score (nSPS) is 11.0. The summed E-state index contributed by atoms with van der Waals surface area (Å²) in [4.78, 5) is 36.3. The molecule has 0 aliphatic heterocycles. The van der Waals surface area contributed by atoms with Crippen molar-refractivity contribution in [1.29, 1.82) is 0 Å². The van der Waals surface area contributed by atoms with Gasteiger partial charge in [0.25, 0.3) is 11.1 Å². The van der Waals surface area contributed by atoms with Gasteiger partial charge in [-0.05, 0) is 59.8 Å². The first-order valence-corrected chi connectivity index (χ1v) is 11.6. The van der Waals surface area contributed by atoms with Gasteiger partial charge in [0.2, 0.25) is 0 Å². The van der Waals surface area contributed by atoms with Crippen molar-refractivity contribution in [2.75, 3.05) is 7.11 Å². The van der Waals surface area contributed by atoms with Gasteiger partial charge >= 0.3 is 0 Å². The Labute approximate surface area is 203 Å². The molecule has 0 atom stereocenters. The Hall–Kier alpha value is -3.81. The number of ether oxygens (including phenoxy) is 1. The molecule has 2 aromatic heterocycles.